The zero-order valence-electron chi connectivity index (χ0n) is 10.8. The van der Waals surface area contributed by atoms with Gasteiger partial charge in [0.15, 0.2) is 0 Å². The molecule has 2 aromatic carbocycles. The molecule has 0 aliphatic rings. The molecule has 1 aromatic heterocycles. The van der Waals surface area contributed by atoms with Crippen molar-refractivity contribution in [3.8, 4) is 11.3 Å². The first-order valence-corrected chi connectivity index (χ1v) is 6.60. The summed E-state index contributed by atoms with van der Waals surface area (Å²) in [6.07, 6.45) is 0. The lowest BCUT2D eigenvalue weighted by Gasteiger charge is -2.11. The van der Waals surface area contributed by atoms with E-state index >= 15 is 0 Å². The Morgan fingerprint density at radius 2 is 1.81 bits per heavy atom. The molecule has 0 radical (unpaired) electrons. The average Bonchev–Trinajstić information content (AvgIpc) is 2.46. The molecule has 2 N–H and O–H groups in total. The van der Waals surface area contributed by atoms with Gasteiger partial charge in [0.05, 0.1) is 17.2 Å². The molecule has 0 saturated carbocycles. The zero-order valence-corrected chi connectivity index (χ0v) is 11.6. The zero-order chi connectivity index (χ0) is 15.0. The minimum atomic E-state index is -1.26. The lowest BCUT2D eigenvalue weighted by Crippen LogP contribution is -2.22. The maximum Gasteiger partial charge on any atom is 0.0722 e. The van der Waals surface area contributed by atoms with Crippen molar-refractivity contribution in [1.82, 2.24) is 4.98 Å². The largest absolute Gasteiger partial charge is 0.545 e. The number of rotatable bonds is 2. The highest BCUT2D eigenvalue weighted by Crippen LogP contribution is 2.27. The van der Waals surface area contributed by atoms with Crippen LogP contribution in [0.25, 0.3) is 22.2 Å². The Morgan fingerprint density at radius 3 is 2.48 bits per heavy atom. The van der Waals surface area contributed by atoms with Crippen LogP contribution in [-0.4, -0.2) is 11.0 Å². The van der Waals surface area contributed by atoms with E-state index in [2.05, 4.69) is 4.98 Å². The highest BCUT2D eigenvalue weighted by atomic mass is 35.5. The van der Waals surface area contributed by atoms with Crippen molar-refractivity contribution < 1.29 is 9.90 Å². The Hall–Kier alpha value is -2.59. The van der Waals surface area contributed by atoms with Crippen LogP contribution >= 0.6 is 11.6 Å². The molecule has 0 atom stereocenters. The predicted octanol–water partition coefficient (Wildman–Crippen LogP) is 2.50. The molecule has 5 heteroatoms. The van der Waals surface area contributed by atoms with E-state index in [4.69, 9.17) is 17.3 Å². The number of carbonyl (C=O) groups excluding carboxylic acids is 1. The van der Waals surface area contributed by atoms with Gasteiger partial charge in [-0.2, -0.15) is 0 Å². The highest BCUT2D eigenvalue weighted by Gasteiger charge is 2.09. The van der Waals surface area contributed by atoms with E-state index in [9.17, 15) is 9.90 Å². The number of aromatic carboxylic acids is 1. The van der Waals surface area contributed by atoms with Gasteiger partial charge >= 0.3 is 0 Å². The van der Waals surface area contributed by atoms with E-state index in [-0.39, 0.29) is 5.56 Å². The summed E-state index contributed by atoms with van der Waals surface area (Å²) < 4.78 is 0. The molecule has 0 amide bonds. The molecular weight excluding hydrogens is 288 g/mol. The van der Waals surface area contributed by atoms with Crippen molar-refractivity contribution in [3.05, 3.63) is 59.1 Å². The second-order valence-electron chi connectivity index (χ2n) is 4.63. The Bertz CT molecular complexity index is 845. The number of nitrogens with zero attached hydrogens (tertiary/aromatic N) is 1. The van der Waals surface area contributed by atoms with Gasteiger partial charge in [0.2, 0.25) is 0 Å². The van der Waals surface area contributed by atoms with E-state index in [0.29, 0.717) is 27.3 Å². The predicted molar refractivity (Wildman–Crippen MR) is 80.9 cm³/mol. The summed E-state index contributed by atoms with van der Waals surface area (Å²) in [5.41, 5.74) is 8.22. The maximum atomic E-state index is 11.4. The van der Waals surface area contributed by atoms with E-state index in [1.54, 1.807) is 42.5 Å². The van der Waals surface area contributed by atoms with Crippen LogP contribution in [0.2, 0.25) is 5.02 Å². The molecule has 104 valence electrons. The molecule has 0 bridgehead atoms. The number of carboxylic acid groups (broad SMARTS) is 1. The van der Waals surface area contributed by atoms with Crippen LogP contribution in [0.4, 0.5) is 5.69 Å². The molecule has 4 nitrogen and oxygen atoms in total. The first-order valence-electron chi connectivity index (χ1n) is 6.22. The van der Waals surface area contributed by atoms with Gasteiger partial charge in [0, 0.05) is 27.2 Å². The molecule has 3 aromatic rings. The fraction of sp³-hybridized carbons (Fsp3) is 0. The SMILES string of the molecule is Nc1ccc(-c2cc(C(=O)[O-])c3cc(Cl)ccc3n2)cc1. The topological polar surface area (TPSA) is 79.0 Å². The summed E-state index contributed by atoms with van der Waals surface area (Å²) in [5, 5.41) is 12.3. The third kappa shape index (κ3) is 2.53. The van der Waals surface area contributed by atoms with Crippen LogP contribution in [0.15, 0.2) is 48.5 Å². The number of pyridine rings is 1. The monoisotopic (exact) mass is 297 g/mol. The fourth-order valence-electron chi connectivity index (χ4n) is 2.17. The third-order valence-corrected chi connectivity index (χ3v) is 3.43. The van der Waals surface area contributed by atoms with Crippen LogP contribution in [0.1, 0.15) is 10.4 Å². The molecule has 3 rings (SSSR count). The van der Waals surface area contributed by atoms with Crippen molar-refractivity contribution in [1.29, 1.82) is 0 Å². The highest BCUT2D eigenvalue weighted by molar-refractivity contribution is 6.31. The first kappa shape index (κ1) is 13.4. The second-order valence-corrected chi connectivity index (χ2v) is 5.06. The molecule has 0 spiro atoms. The lowest BCUT2D eigenvalue weighted by atomic mass is 10.0. The average molecular weight is 298 g/mol. The number of nitrogen functional groups attached to an aromatic ring is 1. The summed E-state index contributed by atoms with van der Waals surface area (Å²) in [6, 6.07) is 13.5. The summed E-state index contributed by atoms with van der Waals surface area (Å²) in [6.45, 7) is 0. The number of halogens is 1. The normalized spacial score (nSPS) is 10.7. The first-order chi connectivity index (χ1) is 10.0. The number of hydrogen-bond donors (Lipinski definition) is 1. The summed E-state index contributed by atoms with van der Waals surface area (Å²) >= 11 is 5.91. The maximum absolute atomic E-state index is 11.4. The Balaban J connectivity index is 2.28. The molecule has 0 saturated heterocycles. The Labute approximate surface area is 125 Å². The minimum Gasteiger partial charge on any atom is -0.545 e. The van der Waals surface area contributed by atoms with Gasteiger partial charge in [-0.15, -0.1) is 0 Å². The van der Waals surface area contributed by atoms with Crippen LogP contribution in [0.5, 0.6) is 0 Å². The number of aromatic nitrogens is 1. The second kappa shape index (κ2) is 5.07. The Kier molecular flexibility index (Phi) is 3.23. The number of carboxylic acids is 1. The summed E-state index contributed by atoms with van der Waals surface area (Å²) in [4.78, 5) is 15.8. The van der Waals surface area contributed by atoms with Crippen LogP contribution in [0, 0.1) is 0 Å². The van der Waals surface area contributed by atoms with Crippen LogP contribution in [0.3, 0.4) is 0 Å². The van der Waals surface area contributed by atoms with Crippen molar-refractivity contribution in [3.63, 3.8) is 0 Å². The molecular formula is C16H10ClN2O2-. The van der Waals surface area contributed by atoms with Crippen molar-refractivity contribution in [2.45, 2.75) is 0 Å². The molecule has 0 unspecified atom stereocenters. The lowest BCUT2D eigenvalue weighted by molar-refractivity contribution is -0.254. The fourth-order valence-corrected chi connectivity index (χ4v) is 2.34. The number of carbonyl (C=O) groups is 1. The molecule has 0 fully saturated rings. The number of hydrogen-bond acceptors (Lipinski definition) is 4. The smallest absolute Gasteiger partial charge is 0.0722 e. The number of benzene rings is 2. The van der Waals surface area contributed by atoms with Gasteiger partial charge < -0.3 is 15.6 Å². The van der Waals surface area contributed by atoms with Gasteiger partial charge in [-0.05, 0) is 36.4 Å². The van der Waals surface area contributed by atoms with Gasteiger partial charge in [-0.25, -0.2) is 4.98 Å². The van der Waals surface area contributed by atoms with Gasteiger partial charge in [-0.3, -0.25) is 0 Å². The van der Waals surface area contributed by atoms with E-state index < -0.39 is 5.97 Å². The number of nitrogens with two attached hydrogens (primary N) is 1. The number of fused-ring (bicyclic) bond motifs is 1. The Morgan fingerprint density at radius 1 is 1.10 bits per heavy atom. The quantitative estimate of drug-likeness (QED) is 0.737. The van der Waals surface area contributed by atoms with Crippen molar-refractivity contribution >= 4 is 34.2 Å². The van der Waals surface area contributed by atoms with E-state index in [1.807, 2.05) is 0 Å². The van der Waals surface area contributed by atoms with Crippen LogP contribution in [-0.2, 0) is 0 Å². The van der Waals surface area contributed by atoms with Gasteiger partial charge in [0.1, 0.15) is 0 Å². The molecule has 0 aliphatic carbocycles. The third-order valence-electron chi connectivity index (χ3n) is 3.20. The standard InChI is InChI=1S/C16H11ClN2O2/c17-10-3-6-14-12(7-10)13(16(20)21)8-15(19-14)9-1-4-11(18)5-2-9/h1-8H,18H2,(H,20,21)/p-1. The number of anilines is 1. The summed E-state index contributed by atoms with van der Waals surface area (Å²) in [5.74, 6) is -1.26. The van der Waals surface area contributed by atoms with Gasteiger partial charge in [0.25, 0.3) is 0 Å². The summed E-state index contributed by atoms with van der Waals surface area (Å²) in [7, 11) is 0. The molecule has 0 aliphatic heterocycles. The molecule has 21 heavy (non-hydrogen) atoms. The molecule has 1 heterocycles. The van der Waals surface area contributed by atoms with Crippen LogP contribution < -0.4 is 10.8 Å². The van der Waals surface area contributed by atoms with Crippen molar-refractivity contribution in [2.24, 2.45) is 0 Å². The van der Waals surface area contributed by atoms with E-state index in [0.717, 1.165) is 5.56 Å². The van der Waals surface area contributed by atoms with Gasteiger partial charge in [-0.1, -0.05) is 23.7 Å². The van der Waals surface area contributed by atoms with E-state index in [1.165, 1.54) is 6.07 Å². The minimum absolute atomic E-state index is 0.0642. The van der Waals surface area contributed by atoms with Crippen molar-refractivity contribution in [2.75, 3.05) is 5.73 Å².